The van der Waals surface area contributed by atoms with Crippen molar-refractivity contribution in [3.05, 3.63) is 32.2 Å². The van der Waals surface area contributed by atoms with Gasteiger partial charge in [-0.15, -0.1) is 11.3 Å². The largest absolute Gasteiger partial charge is 0.503 e. The van der Waals surface area contributed by atoms with Gasteiger partial charge in [0.1, 0.15) is 5.02 Å². The van der Waals surface area contributed by atoms with Crippen LogP contribution in [0.2, 0.25) is 5.02 Å². The highest BCUT2D eigenvalue weighted by Crippen LogP contribution is 2.41. The number of aromatic hydroxyl groups is 1. The van der Waals surface area contributed by atoms with E-state index in [2.05, 4.69) is 31.4 Å². The molecule has 1 aromatic carbocycles. The predicted octanol–water partition coefficient (Wildman–Crippen LogP) is 4.42. The summed E-state index contributed by atoms with van der Waals surface area (Å²) >= 11 is 10.8. The lowest BCUT2D eigenvalue weighted by atomic mass is 10.2. The smallest absolute Gasteiger partial charge is 0.203 e. The van der Waals surface area contributed by atoms with Gasteiger partial charge in [0, 0.05) is 15.4 Å². The maximum absolute atomic E-state index is 9.88. The lowest BCUT2D eigenvalue weighted by Crippen LogP contribution is -1.96. The second-order valence-electron chi connectivity index (χ2n) is 4.04. The van der Waals surface area contributed by atoms with Crippen molar-refractivity contribution >= 4 is 50.2 Å². The molecule has 1 aromatic heterocycles. The molecule has 112 valence electrons. The molecule has 0 aliphatic carbocycles. The number of hydrazone groups is 1. The Morgan fingerprint density at radius 2 is 2.38 bits per heavy atom. The van der Waals surface area contributed by atoms with E-state index in [1.807, 2.05) is 19.2 Å². The number of ether oxygens (including phenoxy) is 1. The van der Waals surface area contributed by atoms with Gasteiger partial charge in [-0.3, -0.25) is 5.43 Å². The van der Waals surface area contributed by atoms with Gasteiger partial charge in [-0.2, -0.15) is 5.10 Å². The molecule has 0 atom stereocenters. The van der Waals surface area contributed by atoms with Gasteiger partial charge in [-0.1, -0.05) is 11.6 Å². The average Bonchev–Trinajstić information content (AvgIpc) is 2.87. The molecule has 1 heterocycles. The lowest BCUT2D eigenvalue weighted by molar-refractivity contribution is 0.318. The van der Waals surface area contributed by atoms with Crippen LogP contribution < -0.4 is 10.2 Å². The molecule has 0 aliphatic rings. The van der Waals surface area contributed by atoms with Crippen LogP contribution in [0.4, 0.5) is 5.13 Å². The molecule has 0 amide bonds. The van der Waals surface area contributed by atoms with Gasteiger partial charge in [0.05, 0.1) is 18.5 Å². The average molecular weight is 391 g/mol. The standard InChI is InChI=1S/C13H13BrClN3O2S/c1-3-20-9-4-8(10(14)11(15)12(9)19)5-16-18-13-17-7(2)6-21-13/h4-6,19H,3H2,1-2H3,(H,17,18). The SMILES string of the molecule is CCOc1cc(C=NNc2nc(C)cs2)c(Br)c(Cl)c1O. The Morgan fingerprint density at radius 3 is 3.00 bits per heavy atom. The number of benzene rings is 1. The zero-order chi connectivity index (χ0) is 15.4. The summed E-state index contributed by atoms with van der Waals surface area (Å²) < 4.78 is 5.88. The van der Waals surface area contributed by atoms with E-state index >= 15 is 0 Å². The summed E-state index contributed by atoms with van der Waals surface area (Å²) in [6.45, 7) is 4.17. The molecule has 5 nitrogen and oxygen atoms in total. The summed E-state index contributed by atoms with van der Waals surface area (Å²) in [5.41, 5.74) is 4.45. The van der Waals surface area contributed by atoms with E-state index in [4.69, 9.17) is 16.3 Å². The van der Waals surface area contributed by atoms with E-state index in [-0.39, 0.29) is 10.8 Å². The number of nitrogens with zero attached hydrogens (tertiary/aromatic N) is 2. The fraction of sp³-hybridized carbons (Fsp3) is 0.231. The molecule has 0 fully saturated rings. The highest BCUT2D eigenvalue weighted by atomic mass is 79.9. The summed E-state index contributed by atoms with van der Waals surface area (Å²) in [4.78, 5) is 4.23. The summed E-state index contributed by atoms with van der Waals surface area (Å²) in [5.74, 6) is 0.225. The molecule has 2 rings (SSSR count). The van der Waals surface area contributed by atoms with Gasteiger partial charge >= 0.3 is 0 Å². The molecule has 0 aliphatic heterocycles. The molecule has 0 spiro atoms. The molecule has 0 radical (unpaired) electrons. The van der Waals surface area contributed by atoms with Crippen molar-refractivity contribution in [2.45, 2.75) is 13.8 Å². The monoisotopic (exact) mass is 389 g/mol. The van der Waals surface area contributed by atoms with Crippen LogP contribution in [0, 0.1) is 6.92 Å². The van der Waals surface area contributed by atoms with Crippen LogP contribution >= 0.6 is 38.9 Å². The van der Waals surface area contributed by atoms with Crippen molar-refractivity contribution < 1.29 is 9.84 Å². The number of thiazole rings is 1. The van der Waals surface area contributed by atoms with Gasteiger partial charge in [-0.25, -0.2) is 4.98 Å². The van der Waals surface area contributed by atoms with E-state index in [0.29, 0.717) is 27.5 Å². The third-order valence-corrected chi connectivity index (χ3v) is 4.77. The first-order valence-electron chi connectivity index (χ1n) is 6.08. The molecule has 0 bridgehead atoms. The van der Waals surface area contributed by atoms with Gasteiger partial charge < -0.3 is 9.84 Å². The number of phenols is 1. The van der Waals surface area contributed by atoms with Crippen LogP contribution in [-0.4, -0.2) is 22.9 Å². The number of aromatic nitrogens is 1. The number of aryl methyl sites for hydroxylation is 1. The Kier molecular flexibility index (Phi) is 5.44. The van der Waals surface area contributed by atoms with Gasteiger partial charge in [0.2, 0.25) is 5.13 Å². The van der Waals surface area contributed by atoms with Crippen LogP contribution in [0.5, 0.6) is 11.5 Å². The second-order valence-corrected chi connectivity index (χ2v) is 6.07. The zero-order valence-corrected chi connectivity index (χ0v) is 14.5. The van der Waals surface area contributed by atoms with E-state index in [9.17, 15) is 5.11 Å². The Balaban J connectivity index is 2.22. The number of hydrogen-bond donors (Lipinski definition) is 2. The molecule has 2 N–H and O–H groups in total. The minimum atomic E-state index is -0.0916. The molecule has 8 heteroatoms. The highest BCUT2D eigenvalue weighted by Gasteiger charge is 2.14. The van der Waals surface area contributed by atoms with E-state index < -0.39 is 0 Å². The van der Waals surface area contributed by atoms with E-state index in [1.54, 1.807) is 12.3 Å². The molecule has 21 heavy (non-hydrogen) atoms. The van der Waals surface area contributed by atoms with Gasteiger partial charge in [0.25, 0.3) is 0 Å². The van der Waals surface area contributed by atoms with Crippen molar-refractivity contribution in [1.82, 2.24) is 4.98 Å². The van der Waals surface area contributed by atoms with Crippen LogP contribution in [0.15, 0.2) is 21.0 Å². The number of hydrogen-bond acceptors (Lipinski definition) is 6. The Hall–Kier alpha value is -1.31. The van der Waals surface area contributed by atoms with E-state index in [1.165, 1.54) is 11.3 Å². The van der Waals surface area contributed by atoms with Crippen LogP contribution in [-0.2, 0) is 0 Å². The van der Waals surface area contributed by atoms with Gasteiger partial charge in [0.15, 0.2) is 11.5 Å². The Bertz CT molecular complexity index is 676. The van der Waals surface area contributed by atoms with Crippen molar-refractivity contribution in [2.75, 3.05) is 12.0 Å². The van der Waals surface area contributed by atoms with Gasteiger partial charge in [-0.05, 0) is 35.8 Å². The highest BCUT2D eigenvalue weighted by molar-refractivity contribution is 9.10. The zero-order valence-electron chi connectivity index (χ0n) is 11.4. The van der Waals surface area contributed by atoms with Crippen LogP contribution in [0.3, 0.4) is 0 Å². The minimum Gasteiger partial charge on any atom is -0.503 e. The number of halogens is 2. The summed E-state index contributed by atoms with van der Waals surface area (Å²) in [6.07, 6.45) is 1.58. The maximum atomic E-state index is 9.88. The number of phenolic OH excluding ortho intramolecular Hbond substituents is 1. The first-order valence-corrected chi connectivity index (χ1v) is 8.13. The Morgan fingerprint density at radius 1 is 1.62 bits per heavy atom. The van der Waals surface area contributed by atoms with Crippen molar-refractivity contribution in [2.24, 2.45) is 5.10 Å². The van der Waals surface area contributed by atoms with Crippen LogP contribution in [0.25, 0.3) is 0 Å². The third-order valence-electron chi connectivity index (χ3n) is 2.46. The van der Waals surface area contributed by atoms with Crippen molar-refractivity contribution in [3.63, 3.8) is 0 Å². The minimum absolute atomic E-state index is 0.0916. The molecule has 0 unspecified atom stereocenters. The summed E-state index contributed by atoms with van der Waals surface area (Å²) in [5, 5.41) is 16.8. The lowest BCUT2D eigenvalue weighted by Gasteiger charge is -2.10. The molecule has 0 saturated carbocycles. The molecular formula is C13H13BrClN3O2S. The molecule has 0 saturated heterocycles. The fourth-order valence-corrected chi connectivity index (χ4v) is 2.78. The number of rotatable bonds is 5. The van der Waals surface area contributed by atoms with Crippen molar-refractivity contribution in [3.8, 4) is 11.5 Å². The normalized spacial score (nSPS) is 11.0. The number of nitrogens with one attached hydrogen (secondary N) is 1. The number of anilines is 1. The van der Waals surface area contributed by atoms with Crippen LogP contribution in [0.1, 0.15) is 18.2 Å². The third kappa shape index (κ3) is 3.87. The first kappa shape index (κ1) is 16.1. The fourth-order valence-electron chi connectivity index (χ4n) is 1.53. The topological polar surface area (TPSA) is 66.7 Å². The predicted molar refractivity (Wildman–Crippen MR) is 90.1 cm³/mol. The Labute approximate surface area is 139 Å². The first-order chi connectivity index (χ1) is 10.0. The van der Waals surface area contributed by atoms with E-state index in [0.717, 1.165) is 5.69 Å². The quantitative estimate of drug-likeness (QED) is 0.586. The molecule has 2 aromatic rings. The summed E-state index contributed by atoms with van der Waals surface area (Å²) in [6, 6.07) is 1.66. The maximum Gasteiger partial charge on any atom is 0.203 e. The molecular weight excluding hydrogens is 378 g/mol. The van der Waals surface area contributed by atoms with Crippen molar-refractivity contribution in [1.29, 1.82) is 0 Å². The second kappa shape index (κ2) is 7.11. The summed E-state index contributed by atoms with van der Waals surface area (Å²) in [7, 11) is 0.